The second-order valence-electron chi connectivity index (χ2n) is 6.61. The first-order chi connectivity index (χ1) is 13.4. The molecule has 140 valence electrons. The molecular weight excluding hydrogens is 355 g/mol. The second-order valence-corrected chi connectivity index (χ2v) is 6.61. The van der Waals surface area contributed by atoms with Gasteiger partial charge in [0.1, 0.15) is 29.0 Å². The maximum absolute atomic E-state index is 13.1. The lowest BCUT2D eigenvalue weighted by atomic mass is 10.0. The van der Waals surface area contributed by atoms with Gasteiger partial charge in [0, 0.05) is 17.3 Å². The minimum atomic E-state index is -0.503. The van der Waals surface area contributed by atoms with Crippen LogP contribution in [0.1, 0.15) is 22.5 Å². The fraction of sp³-hybridized carbons (Fsp3) is 0.130. The van der Waals surface area contributed by atoms with Crippen molar-refractivity contribution in [3.63, 3.8) is 0 Å². The number of anilines is 1. The Hall–Kier alpha value is -3.65. The van der Waals surface area contributed by atoms with Gasteiger partial charge < -0.3 is 9.73 Å². The minimum absolute atomic E-state index is 0.0700. The lowest BCUT2D eigenvalue weighted by molar-refractivity contribution is -0.112. The van der Waals surface area contributed by atoms with E-state index in [4.69, 9.17) is 4.42 Å². The third kappa shape index (κ3) is 4.18. The highest BCUT2D eigenvalue weighted by Crippen LogP contribution is 2.25. The van der Waals surface area contributed by atoms with Crippen LogP contribution in [0.5, 0.6) is 0 Å². The SMILES string of the molecule is Cc1cc(C)c(NC(=O)/C(C#N)=C/c2ccc(-c3ccc(F)cc3)o2)c(C)c1. The zero-order chi connectivity index (χ0) is 20.3. The quantitative estimate of drug-likeness (QED) is 0.480. The van der Waals surface area contributed by atoms with Crippen LogP contribution in [0.15, 0.2) is 58.5 Å². The number of carbonyl (C=O) groups is 1. The van der Waals surface area contributed by atoms with Gasteiger partial charge in [0.05, 0.1) is 0 Å². The Kier molecular flexibility index (Phi) is 5.42. The van der Waals surface area contributed by atoms with Gasteiger partial charge >= 0.3 is 0 Å². The molecule has 0 spiro atoms. The summed E-state index contributed by atoms with van der Waals surface area (Å²) in [5.41, 5.74) is 4.30. The lowest BCUT2D eigenvalue weighted by Gasteiger charge is -2.12. The molecule has 0 aliphatic rings. The first-order valence-electron chi connectivity index (χ1n) is 8.74. The summed E-state index contributed by atoms with van der Waals surface area (Å²) in [6.07, 6.45) is 1.39. The van der Waals surface area contributed by atoms with Crippen molar-refractivity contribution < 1.29 is 13.6 Å². The number of nitrogens with one attached hydrogen (secondary N) is 1. The van der Waals surface area contributed by atoms with E-state index in [0.717, 1.165) is 16.7 Å². The van der Waals surface area contributed by atoms with Crippen LogP contribution in [0, 0.1) is 37.9 Å². The van der Waals surface area contributed by atoms with Crippen LogP contribution in [0.3, 0.4) is 0 Å². The highest BCUT2D eigenvalue weighted by Gasteiger charge is 2.14. The number of carbonyl (C=O) groups excluding carboxylic acids is 1. The molecule has 0 saturated carbocycles. The molecule has 0 aliphatic carbocycles. The van der Waals surface area contributed by atoms with Crippen molar-refractivity contribution in [2.75, 3.05) is 5.32 Å². The smallest absolute Gasteiger partial charge is 0.266 e. The van der Waals surface area contributed by atoms with E-state index in [1.165, 1.54) is 18.2 Å². The van der Waals surface area contributed by atoms with Gasteiger partial charge in [-0.15, -0.1) is 0 Å². The summed E-state index contributed by atoms with van der Waals surface area (Å²) >= 11 is 0. The molecule has 1 amide bonds. The van der Waals surface area contributed by atoms with Gasteiger partial charge in [0.15, 0.2) is 0 Å². The number of furan rings is 1. The van der Waals surface area contributed by atoms with E-state index in [-0.39, 0.29) is 11.4 Å². The van der Waals surface area contributed by atoms with Gasteiger partial charge in [-0.25, -0.2) is 4.39 Å². The van der Waals surface area contributed by atoms with Crippen molar-refractivity contribution in [1.29, 1.82) is 5.26 Å². The van der Waals surface area contributed by atoms with Crippen molar-refractivity contribution in [3.05, 3.63) is 82.4 Å². The van der Waals surface area contributed by atoms with Crippen molar-refractivity contribution in [2.24, 2.45) is 0 Å². The Morgan fingerprint density at radius 2 is 1.71 bits per heavy atom. The van der Waals surface area contributed by atoms with Crippen LogP contribution in [0.2, 0.25) is 0 Å². The molecule has 2 aromatic carbocycles. The van der Waals surface area contributed by atoms with Crippen LogP contribution >= 0.6 is 0 Å². The third-order valence-corrected chi connectivity index (χ3v) is 4.32. The summed E-state index contributed by atoms with van der Waals surface area (Å²) in [4.78, 5) is 12.6. The number of aryl methyl sites for hydroxylation is 3. The zero-order valence-electron chi connectivity index (χ0n) is 15.8. The third-order valence-electron chi connectivity index (χ3n) is 4.32. The largest absolute Gasteiger partial charge is 0.457 e. The normalized spacial score (nSPS) is 11.2. The molecule has 28 heavy (non-hydrogen) atoms. The van der Waals surface area contributed by atoms with Crippen LogP contribution in [-0.2, 0) is 4.79 Å². The van der Waals surface area contributed by atoms with Gasteiger partial charge in [-0.05, 0) is 68.3 Å². The number of amides is 1. The van der Waals surface area contributed by atoms with Gasteiger partial charge in [-0.1, -0.05) is 17.7 Å². The van der Waals surface area contributed by atoms with Crippen molar-refractivity contribution in [1.82, 2.24) is 0 Å². The molecule has 0 saturated heterocycles. The summed E-state index contributed by atoms with van der Waals surface area (Å²) in [6, 6.07) is 15.1. The highest BCUT2D eigenvalue weighted by molar-refractivity contribution is 6.10. The van der Waals surface area contributed by atoms with Gasteiger partial charge in [0.25, 0.3) is 5.91 Å². The Bertz CT molecular complexity index is 1080. The second kappa shape index (κ2) is 7.93. The van der Waals surface area contributed by atoms with Crippen molar-refractivity contribution >= 4 is 17.7 Å². The fourth-order valence-electron chi connectivity index (χ4n) is 3.05. The lowest BCUT2D eigenvalue weighted by Crippen LogP contribution is -2.15. The number of nitrogens with zero attached hydrogens (tertiary/aromatic N) is 1. The Labute approximate surface area is 162 Å². The maximum atomic E-state index is 13.1. The van der Waals surface area contributed by atoms with E-state index in [2.05, 4.69) is 5.32 Å². The summed E-state index contributed by atoms with van der Waals surface area (Å²) in [5, 5.41) is 12.2. The molecule has 0 unspecified atom stereocenters. The molecule has 0 radical (unpaired) electrons. The number of benzene rings is 2. The minimum Gasteiger partial charge on any atom is -0.457 e. The number of nitriles is 1. The average Bonchev–Trinajstić information content (AvgIpc) is 3.11. The van der Waals surface area contributed by atoms with Crippen LogP contribution in [-0.4, -0.2) is 5.91 Å². The number of rotatable bonds is 4. The van der Waals surface area contributed by atoms with E-state index in [1.807, 2.05) is 39.0 Å². The maximum Gasteiger partial charge on any atom is 0.266 e. The molecular formula is C23H19FN2O2. The molecule has 3 aromatic rings. The van der Waals surface area contributed by atoms with Gasteiger partial charge in [-0.3, -0.25) is 4.79 Å². The summed E-state index contributed by atoms with van der Waals surface area (Å²) in [5.74, 6) is 0.0513. The van der Waals surface area contributed by atoms with E-state index < -0.39 is 5.91 Å². The van der Waals surface area contributed by atoms with Gasteiger partial charge in [-0.2, -0.15) is 5.26 Å². The number of hydrogen-bond acceptors (Lipinski definition) is 3. The zero-order valence-corrected chi connectivity index (χ0v) is 15.8. The molecule has 0 bridgehead atoms. The molecule has 0 aliphatic heterocycles. The molecule has 0 atom stereocenters. The number of halogens is 1. The standard InChI is InChI=1S/C23H19FN2O2/c1-14-10-15(2)22(16(3)11-14)26-23(27)18(13-25)12-20-8-9-21(28-20)17-4-6-19(24)7-5-17/h4-12H,1-3H3,(H,26,27)/b18-12+. The molecule has 5 heteroatoms. The first-order valence-corrected chi connectivity index (χ1v) is 8.74. The van der Waals surface area contributed by atoms with Gasteiger partial charge in [0.2, 0.25) is 0 Å². The molecule has 1 N–H and O–H groups in total. The van der Waals surface area contributed by atoms with E-state index in [1.54, 1.807) is 24.3 Å². The Morgan fingerprint density at radius 1 is 1.07 bits per heavy atom. The van der Waals surface area contributed by atoms with Crippen LogP contribution < -0.4 is 5.32 Å². The summed E-state index contributed by atoms with van der Waals surface area (Å²) in [7, 11) is 0. The number of hydrogen-bond donors (Lipinski definition) is 1. The Morgan fingerprint density at radius 3 is 2.32 bits per heavy atom. The highest BCUT2D eigenvalue weighted by atomic mass is 19.1. The molecule has 3 rings (SSSR count). The average molecular weight is 374 g/mol. The topological polar surface area (TPSA) is 66.0 Å². The molecule has 4 nitrogen and oxygen atoms in total. The monoisotopic (exact) mass is 374 g/mol. The summed E-state index contributed by atoms with van der Waals surface area (Å²) < 4.78 is 18.7. The predicted octanol–water partition coefficient (Wildman–Crippen LogP) is 5.56. The van der Waals surface area contributed by atoms with Crippen LogP contribution in [0.25, 0.3) is 17.4 Å². The fourth-order valence-corrected chi connectivity index (χ4v) is 3.05. The Balaban J connectivity index is 1.84. The molecule has 1 aromatic heterocycles. The van der Waals surface area contributed by atoms with Crippen molar-refractivity contribution in [2.45, 2.75) is 20.8 Å². The summed E-state index contributed by atoms with van der Waals surface area (Å²) in [6.45, 7) is 5.81. The first kappa shape index (κ1) is 19.1. The van der Waals surface area contributed by atoms with Crippen molar-refractivity contribution in [3.8, 4) is 17.4 Å². The van der Waals surface area contributed by atoms with E-state index in [0.29, 0.717) is 22.8 Å². The van der Waals surface area contributed by atoms with E-state index >= 15 is 0 Å². The molecule has 0 fully saturated rings. The molecule has 1 heterocycles. The predicted molar refractivity (Wildman–Crippen MR) is 107 cm³/mol. The van der Waals surface area contributed by atoms with E-state index in [9.17, 15) is 14.4 Å². The van der Waals surface area contributed by atoms with Crippen LogP contribution in [0.4, 0.5) is 10.1 Å².